The first-order chi connectivity index (χ1) is 13.5. The minimum Gasteiger partial charge on any atom is -0.482 e. The van der Waals surface area contributed by atoms with Crippen molar-refractivity contribution in [3.63, 3.8) is 0 Å². The molecule has 0 saturated carbocycles. The van der Waals surface area contributed by atoms with Crippen molar-refractivity contribution in [3.8, 4) is 5.75 Å². The van der Waals surface area contributed by atoms with Crippen LogP contribution in [0.1, 0.15) is 5.82 Å². The van der Waals surface area contributed by atoms with Gasteiger partial charge in [0.05, 0.1) is 21.5 Å². The number of ether oxygens (including phenoxy) is 1. The highest BCUT2D eigenvalue weighted by Crippen LogP contribution is 2.30. The minimum absolute atomic E-state index is 0.00502. The molecular weight excluding hydrogens is 428 g/mol. The average molecular weight is 442 g/mol. The maximum Gasteiger partial charge on any atom is 0.234 e. The third-order valence-electron chi connectivity index (χ3n) is 3.49. The number of anilines is 1. The van der Waals surface area contributed by atoms with Crippen molar-refractivity contribution in [2.45, 2.75) is 11.8 Å². The highest BCUT2D eigenvalue weighted by atomic mass is 35.5. The predicted molar refractivity (Wildman–Crippen MR) is 107 cm³/mol. The minimum atomic E-state index is -0.491. The third kappa shape index (κ3) is 4.86. The number of amides is 1. The maximum atomic E-state index is 13.6. The fourth-order valence-electron chi connectivity index (χ4n) is 2.13. The van der Waals surface area contributed by atoms with E-state index in [0.717, 1.165) is 11.8 Å². The van der Waals surface area contributed by atoms with Crippen molar-refractivity contribution in [1.82, 2.24) is 14.9 Å². The Labute approximate surface area is 173 Å². The van der Waals surface area contributed by atoms with Gasteiger partial charge in [-0.2, -0.15) is 0 Å². The van der Waals surface area contributed by atoms with Crippen LogP contribution in [0.4, 0.5) is 10.1 Å². The number of nitrogens with zero attached hydrogens (tertiary/aromatic N) is 3. The maximum absolute atomic E-state index is 13.6. The van der Waals surface area contributed by atoms with Crippen LogP contribution >= 0.6 is 35.0 Å². The van der Waals surface area contributed by atoms with Gasteiger partial charge < -0.3 is 15.9 Å². The van der Waals surface area contributed by atoms with Crippen LogP contribution in [0.15, 0.2) is 47.6 Å². The number of carbonyl (C=O) groups is 1. The van der Waals surface area contributed by atoms with E-state index in [1.165, 1.54) is 16.8 Å². The van der Waals surface area contributed by atoms with Gasteiger partial charge in [-0.3, -0.25) is 4.79 Å². The van der Waals surface area contributed by atoms with E-state index < -0.39 is 5.82 Å². The van der Waals surface area contributed by atoms with E-state index in [0.29, 0.717) is 20.9 Å². The first-order valence-corrected chi connectivity index (χ1v) is 9.63. The Kier molecular flexibility index (Phi) is 6.61. The summed E-state index contributed by atoms with van der Waals surface area (Å²) in [4.78, 5) is 12.1. The van der Waals surface area contributed by atoms with Crippen LogP contribution in [0.3, 0.4) is 0 Å². The number of para-hydroxylation sites is 2. The number of hydrogen-bond donors (Lipinski definition) is 2. The molecule has 0 aliphatic heterocycles. The quantitative estimate of drug-likeness (QED) is 0.428. The zero-order valence-corrected chi connectivity index (χ0v) is 16.6. The standard InChI is InChI=1S/C17H14Cl2FN5O2S/c18-10-4-3-5-11(19)16(10)22-15(26)9-28-17-24-23-14(25(17)21)8-27-13-7-2-1-6-12(13)20/h1-7H,8-9,21H2,(H,22,26). The molecule has 7 nitrogen and oxygen atoms in total. The number of hydrogen-bond acceptors (Lipinski definition) is 6. The van der Waals surface area contributed by atoms with E-state index in [-0.39, 0.29) is 29.8 Å². The van der Waals surface area contributed by atoms with E-state index in [4.69, 9.17) is 33.8 Å². The summed E-state index contributed by atoms with van der Waals surface area (Å²) >= 11 is 13.1. The van der Waals surface area contributed by atoms with Crippen LogP contribution in [0, 0.1) is 5.82 Å². The third-order valence-corrected chi connectivity index (χ3v) is 5.06. The number of nitrogen functional groups attached to an aromatic ring is 1. The summed E-state index contributed by atoms with van der Waals surface area (Å²) in [6.07, 6.45) is 0. The number of aromatic nitrogens is 3. The van der Waals surface area contributed by atoms with Crippen LogP contribution < -0.4 is 15.9 Å². The molecule has 1 heterocycles. The SMILES string of the molecule is Nn1c(COc2ccccc2F)nnc1SCC(=O)Nc1c(Cl)cccc1Cl. The molecular formula is C17H14Cl2FN5O2S. The Hall–Kier alpha value is -2.49. The fraction of sp³-hybridized carbons (Fsp3) is 0.118. The highest BCUT2D eigenvalue weighted by molar-refractivity contribution is 7.99. The highest BCUT2D eigenvalue weighted by Gasteiger charge is 2.15. The Morgan fingerprint density at radius 3 is 2.61 bits per heavy atom. The van der Waals surface area contributed by atoms with Crippen molar-refractivity contribution < 1.29 is 13.9 Å². The summed E-state index contributed by atoms with van der Waals surface area (Å²) in [6, 6.07) is 10.9. The number of rotatable bonds is 7. The lowest BCUT2D eigenvalue weighted by Crippen LogP contribution is -2.18. The Balaban J connectivity index is 1.57. The Morgan fingerprint density at radius 1 is 1.18 bits per heavy atom. The molecule has 0 radical (unpaired) electrons. The molecule has 1 amide bonds. The molecule has 0 aliphatic carbocycles. The number of halogens is 3. The fourth-order valence-corrected chi connectivity index (χ4v) is 3.30. The molecule has 0 saturated heterocycles. The van der Waals surface area contributed by atoms with Gasteiger partial charge in [0.15, 0.2) is 17.4 Å². The molecule has 1 aromatic heterocycles. The summed E-state index contributed by atoms with van der Waals surface area (Å²) in [6.45, 7) is -0.0770. The second kappa shape index (κ2) is 9.13. The van der Waals surface area contributed by atoms with Crippen molar-refractivity contribution >= 4 is 46.6 Å². The molecule has 146 valence electrons. The lowest BCUT2D eigenvalue weighted by molar-refractivity contribution is -0.113. The van der Waals surface area contributed by atoms with E-state index >= 15 is 0 Å². The first kappa shape index (κ1) is 20.2. The van der Waals surface area contributed by atoms with E-state index in [9.17, 15) is 9.18 Å². The number of nitrogens with two attached hydrogens (primary N) is 1. The Morgan fingerprint density at radius 2 is 1.89 bits per heavy atom. The molecule has 28 heavy (non-hydrogen) atoms. The zero-order valence-electron chi connectivity index (χ0n) is 14.2. The molecule has 3 N–H and O–H groups in total. The molecule has 0 fully saturated rings. The van der Waals surface area contributed by atoms with Crippen molar-refractivity contribution in [1.29, 1.82) is 0 Å². The Bertz CT molecular complexity index is 981. The van der Waals surface area contributed by atoms with Crippen LogP contribution in [-0.2, 0) is 11.4 Å². The summed E-state index contributed by atoms with van der Waals surface area (Å²) < 4.78 is 20.1. The van der Waals surface area contributed by atoms with Gasteiger partial charge in [-0.05, 0) is 24.3 Å². The van der Waals surface area contributed by atoms with Crippen LogP contribution in [-0.4, -0.2) is 26.5 Å². The largest absolute Gasteiger partial charge is 0.482 e. The van der Waals surface area contributed by atoms with Gasteiger partial charge in [-0.15, -0.1) is 10.2 Å². The normalized spacial score (nSPS) is 10.7. The molecule has 0 aliphatic rings. The van der Waals surface area contributed by atoms with Crippen molar-refractivity contribution in [2.75, 3.05) is 16.9 Å². The molecule has 0 bridgehead atoms. The van der Waals surface area contributed by atoms with E-state index in [1.54, 1.807) is 30.3 Å². The smallest absolute Gasteiger partial charge is 0.234 e. The molecule has 3 rings (SSSR count). The lowest BCUT2D eigenvalue weighted by Gasteiger charge is -2.09. The first-order valence-electron chi connectivity index (χ1n) is 7.89. The van der Waals surface area contributed by atoms with E-state index in [2.05, 4.69) is 15.5 Å². The summed E-state index contributed by atoms with van der Waals surface area (Å²) in [5, 5.41) is 11.4. The molecule has 3 aromatic rings. The van der Waals surface area contributed by atoms with Gasteiger partial charge >= 0.3 is 0 Å². The van der Waals surface area contributed by atoms with Gasteiger partial charge in [0.1, 0.15) is 6.61 Å². The number of benzene rings is 2. The van der Waals surface area contributed by atoms with Gasteiger partial charge in [0.2, 0.25) is 11.1 Å². The summed E-state index contributed by atoms with van der Waals surface area (Å²) in [7, 11) is 0. The van der Waals surface area contributed by atoms with Gasteiger partial charge in [-0.1, -0.05) is 53.2 Å². The molecule has 0 atom stereocenters. The lowest BCUT2D eigenvalue weighted by atomic mass is 10.3. The van der Waals surface area contributed by atoms with Gasteiger partial charge in [0, 0.05) is 0 Å². The molecule has 0 spiro atoms. The summed E-state index contributed by atoms with van der Waals surface area (Å²) in [5.41, 5.74) is 0.338. The van der Waals surface area contributed by atoms with Crippen LogP contribution in [0.5, 0.6) is 5.75 Å². The molecule has 11 heteroatoms. The number of carbonyl (C=O) groups excluding carboxylic acids is 1. The second-order valence-electron chi connectivity index (χ2n) is 5.42. The number of thioether (sulfide) groups is 1. The summed E-state index contributed by atoms with van der Waals surface area (Å²) in [5.74, 6) is 5.45. The predicted octanol–water partition coefficient (Wildman–Crippen LogP) is 3.75. The zero-order chi connectivity index (χ0) is 20.1. The van der Waals surface area contributed by atoms with E-state index in [1.807, 2.05) is 0 Å². The monoisotopic (exact) mass is 441 g/mol. The molecule has 2 aromatic carbocycles. The topological polar surface area (TPSA) is 95.1 Å². The van der Waals surface area contributed by atoms with Crippen molar-refractivity contribution in [2.24, 2.45) is 0 Å². The van der Waals surface area contributed by atoms with Crippen LogP contribution in [0.25, 0.3) is 0 Å². The van der Waals surface area contributed by atoms with Gasteiger partial charge in [0.25, 0.3) is 0 Å². The van der Waals surface area contributed by atoms with Crippen LogP contribution in [0.2, 0.25) is 10.0 Å². The second-order valence-corrected chi connectivity index (χ2v) is 7.18. The average Bonchev–Trinajstić information content (AvgIpc) is 3.02. The molecule has 0 unspecified atom stereocenters. The van der Waals surface area contributed by atoms with Crippen molar-refractivity contribution in [3.05, 3.63) is 64.2 Å². The number of nitrogens with one attached hydrogen (secondary N) is 1. The van der Waals surface area contributed by atoms with Gasteiger partial charge in [-0.25, -0.2) is 9.07 Å².